The quantitative estimate of drug-likeness (QED) is 0.849. The van der Waals surface area contributed by atoms with Gasteiger partial charge in [-0.25, -0.2) is 8.42 Å². The van der Waals surface area contributed by atoms with Gasteiger partial charge in [-0.3, -0.25) is 4.79 Å². The van der Waals surface area contributed by atoms with Crippen molar-refractivity contribution in [1.82, 2.24) is 9.62 Å². The molecule has 0 unspecified atom stereocenters. The molecule has 18 heavy (non-hydrogen) atoms. The maximum atomic E-state index is 12.5. The van der Waals surface area contributed by atoms with Gasteiger partial charge in [-0.1, -0.05) is 18.2 Å². The molecule has 6 heteroatoms. The average molecular weight is 268 g/mol. The minimum atomic E-state index is -3.50. The van der Waals surface area contributed by atoms with Crippen LogP contribution in [0.25, 0.3) is 0 Å². The van der Waals surface area contributed by atoms with E-state index in [0.717, 1.165) is 5.56 Å². The van der Waals surface area contributed by atoms with Gasteiger partial charge in [0.2, 0.25) is 15.9 Å². The van der Waals surface area contributed by atoms with Crippen molar-refractivity contribution < 1.29 is 13.2 Å². The highest BCUT2D eigenvalue weighted by Gasteiger charge is 2.27. The molecule has 1 fully saturated rings. The predicted molar refractivity (Wildman–Crippen MR) is 67.6 cm³/mol. The minimum absolute atomic E-state index is 0.0996. The molecule has 1 amide bonds. The Bertz CT molecular complexity index is 554. The molecule has 1 heterocycles. The van der Waals surface area contributed by atoms with E-state index in [2.05, 4.69) is 5.32 Å². The molecular formula is C12H16N2O3S. The molecule has 1 N–H and O–H groups in total. The summed E-state index contributed by atoms with van der Waals surface area (Å²) in [7, 11) is -3.50. The van der Waals surface area contributed by atoms with E-state index >= 15 is 0 Å². The molecule has 1 aromatic rings. The number of carbonyl (C=O) groups excluding carboxylic acids is 1. The molecule has 0 aromatic heterocycles. The Labute approximate surface area is 107 Å². The zero-order valence-corrected chi connectivity index (χ0v) is 11.0. The van der Waals surface area contributed by atoms with E-state index in [0.29, 0.717) is 18.0 Å². The van der Waals surface area contributed by atoms with Crippen LogP contribution in [0.3, 0.4) is 0 Å². The van der Waals surface area contributed by atoms with Crippen LogP contribution < -0.4 is 5.32 Å². The lowest BCUT2D eigenvalue weighted by atomic mass is 10.2. The molecule has 0 spiro atoms. The fraction of sp³-hybridized carbons (Fsp3) is 0.417. The number of hydrogen-bond donors (Lipinski definition) is 1. The summed E-state index contributed by atoms with van der Waals surface area (Å²) >= 11 is 0. The topological polar surface area (TPSA) is 66.5 Å². The first-order chi connectivity index (χ1) is 8.51. The summed E-state index contributed by atoms with van der Waals surface area (Å²) in [5.41, 5.74) is 0.723. The fourth-order valence-corrected chi connectivity index (χ4v) is 3.64. The number of aryl methyl sites for hydroxylation is 1. The molecule has 0 saturated carbocycles. The van der Waals surface area contributed by atoms with Crippen molar-refractivity contribution in [1.29, 1.82) is 0 Å². The first-order valence-electron chi connectivity index (χ1n) is 5.84. The van der Waals surface area contributed by atoms with Gasteiger partial charge in [0.1, 0.15) is 0 Å². The fourth-order valence-electron chi connectivity index (χ4n) is 1.97. The molecule has 98 valence electrons. The van der Waals surface area contributed by atoms with E-state index in [4.69, 9.17) is 0 Å². The standard InChI is InChI=1S/C12H16N2O3S/c1-10-4-2-3-5-11(10)18(16,17)14-8-6-12(15)13-7-9-14/h2-5H,6-9H2,1H3,(H,13,15). The number of hydrogen-bond acceptors (Lipinski definition) is 3. The van der Waals surface area contributed by atoms with Gasteiger partial charge in [0.05, 0.1) is 4.90 Å². The summed E-state index contributed by atoms with van der Waals surface area (Å²) in [4.78, 5) is 11.5. The van der Waals surface area contributed by atoms with E-state index in [1.807, 2.05) is 6.07 Å². The highest BCUT2D eigenvalue weighted by Crippen LogP contribution is 2.19. The van der Waals surface area contributed by atoms with Crippen LogP contribution in [0, 0.1) is 6.92 Å². The van der Waals surface area contributed by atoms with Crippen LogP contribution in [0.5, 0.6) is 0 Å². The Kier molecular flexibility index (Phi) is 3.68. The molecule has 1 aliphatic rings. The number of amides is 1. The molecule has 0 radical (unpaired) electrons. The van der Waals surface area contributed by atoms with Gasteiger partial charge in [0, 0.05) is 26.1 Å². The zero-order valence-electron chi connectivity index (χ0n) is 10.2. The maximum Gasteiger partial charge on any atom is 0.243 e. The lowest BCUT2D eigenvalue weighted by molar-refractivity contribution is -0.120. The second-order valence-electron chi connectivity index (χ2n) is 4.27. The van der Waals surface area contributed by atoms with Gasteiger partial charge in [-0.15, -0.1) is 0 Å². The van der Waals surface area contributed by atoms with E-state index < -0.39 is 10.0 Å². The van der Waals surface area contributed by atoms with Crippen LogP contribution >= 0.6 is 0 Å². The average Bonchev–Trinajstić information content (AvgIpc) is 2.54. The second-order valence-corrected chi connectivity index (χ2v) is 6.18. The zero-order chi connectivity index (χ0) is 13.2. The summed E-state index contributed by atoms with van der Waals surface area (Å²) in [6.45, 7) is 2.70. The van der Waals surface area contributed by atoms with Crippen molar-refractivity contribution in [3.63, 3.8) is 0 Å². The molecule has 2 rings (SSSR count). The molecule has 0 aliphatic carbocycles. The van der Waals surface area contributed by atoms with Crippen molar-refractivity contribution >= 4 is 15.9 Å². The third kappa shape index (κ3) is 2.54. The lowest BCUT2D eigenvalue weighted by Gasteiger charge is -2.20. The van der Waals surface area contributed by atoms with Crippen LogP contribution in [-0.4, -0.2) is 38.3 Å². The Morgan fingerprint density at radius 2 is 1.94 bits per heavy atom. The monoisotopic (exact) mass is 268 g/mol. The smallest absolute Gasteiger partial charge is 0.243 e. The second kappa shape index (κ2) is 5.07. The lowest BCUT2D eigenvalue weighted by Crippen LogP contribution is -2.34. The first-order valence-corrected chi connectivity index (χ1v) is 7.28. The Hall–Kier alpha value is -1.40. The predicted octanol–water partition coefficient (Wildman–Crippen LogP) is 0.506. The Morgan fingerprint density at radius 1 is 1.22 bits per heavy atom. The summed E-state index contributed by atoms with van der Waals surface area (Å²) < 4.78 is 26.3. The highest BCUT2D eigenvalue weighted by atomic mass is 32.2. The highest BCUT2D eigenvalue weighted by molar-refractivity contribution is 7.89. The number of sulfonamides is 1. The largest absolute Gasteiger partial charge is 0.355 e. The SMILES string of the molecule is Cc1ccccc1S(=O)(=O)N1CCNC(=O)CC1. The van der Waals surface area contributed by atoms with Gasteiger partial charge < -0.3 is 5.32 Å². The van der Waals surface area contributed by atoms with Crippen molar-refractivity contribution in [3.8, 4) is 0 Å². The molecule has 1 aromatic carbocycles. The molecule has 1 aliphatic heterocycles. The van der Waals surface area contributed by atoms with E-state index in [9.17, 15) is 13.2 Å². The number of benzene rings is 1. The van der Waals surface area contributed by atoms with Crippen LogP contribution in [0.1, 0.15) is 12.0 Å². The molecule has 1 saturated heterocycles. The van der Waals surface area contributed by atoms with Gasteiger partial charge in [0.25, 0.3) is 0 Å². The summed E-state index contributed by atoms with van der Waals surface area (Å²) in [5, 5.41) is 2.67. The summed E-state index contributed by atoms with van der Waals surface area (Å²) in [6, 6.07) is 6.89. The van der Waals surface area contributed by atoms with Crippen LogP contribution in [0.15, 0.2) is 29.2 Å². The van der Waals surface area contributed by atoms with Crippen LogP contribution in [0.4, 0.5) is 0 Å². The van der Waals surface area contributed by atoms with E-state index in [-0.39, 0.29) is 18.9 Å². The third-order valence-electron chi connectivity index (χ3n) is 2.98. The number of rotatable bonds is 2. The molecule has 0 atom stereocenters. The Balaban J connectivity index is 2.31. The van der Waals surface area contributed by atoms with Crippen molar-refractivity contribution in [2.24, 2.45) is 0 Å². The van der Waals surface area contributed by atoms with Gasteiger partial charge in [-0.2, -0.15) is 4.31 Å². The number of nitrogens with one attached hydrogen (secondary N) is 1. The third-order valence-corrected chi connectivity index (χ3v) is 5.04. The molecular weight excluding hydrogens is 252 g/mol. The van der Waals surface area contributed by atoms with Gasteiger partial charge in [0.15, 0.2) is 0 Å². The maximum absolute atomic E-state index is 12.5. The number of carbonyl (C=O) groups is 1. The molecule has 0 bridgehead atoms. The van der Waals surface area contributed by atoms with Crippen LogP contribution in [-0.2, 0) is 14.8 Å². The van der Waals surface area contributed by atoms with Gasteiger partial charge in [-0.05, 0) is 18.6 Å². The Morgan fingerprint density at radius 3 is 2.67 bits per heavy atom. The first kappa shape index (κ1) is 13.0. The van der Waals surface area contributed by atoms with Crippen molar-refractivity contribution in [2.75, 3.05) is 19.6 Å². The normalized spacial score (nSPS) is 18.2. The number of nitrogens with zero attached hydrogens (tertiary/aromatic N) is 1. The van der Waals surface area contributed by atoms with Crippen molar-refractivity contribution in [2.45, 2.75) is 18.2 Å². The van der Waals surface area contributed by atoms with E-state index in [1.54, 1.807) is 25.1 Å². The summed E-state index contributed by atoms with van der Waals surface area (Å²) in [5.74, 6) is -0.0996. The van der Waals surface area contributed by atoms with E-state index in [1.165, 1.54) is 4.31 Å². The molecule has 5 nitrogen and oxygen atoms in total. The van der Waals surface area contributed by atoms with Crippen LogP contribution in [0.2, 0.25) is 0 Å². The van der Waals surface area contributed by atoms with Gasteiger partial charge >= 0.3 is 0 Å². The minimum Gasteiger partial charge on any atom is -0.355 e. The summed E-state index contributed by atoms with van der Waals surface area (Å²) in [6.07, 6.45) is 0.213. The van der Waals surface area contributed by atoms with Crippen molar-refractivity contribution in [3.05, 3.63) is 29.8 Å².